The number of ether oxygens (including phenoxy) is 6. The van der Waals surface area contributed by atoms with Gasteiger partial charge in [-0.05, 0) is 0 Å². The summed E-state index contributed by atoms with van der Waals surface area (Å²) in [6, 6.07) is 0. The van der Waals surface area contributed by atoms with Crippen molar-refractivity contribution in [3.8, 4) is 0 Å². The fraction of sp³-hybridized carbons (Fsp3) is 0.750. The van der Waals surface area contributed by atoms with E-state index in [-0.39, 0.29) is 13.2 Å². The number of hydrogen-bond donors (Lipinski definition) is 0. The molecular weight excluding hydrogens is 352 g/mol. The zero-order valence-corrected chi connectivity index (χ0v) is 15.8. The average molecular weight is 378 g/mol. The van der Waals surface area contributed by atoms with Crippen LogP contribution in [0.25, 0.3) is 0 Å². The maximum Gasteiger partial charge on any atom is 0.303 e. The number of rotatable bonds is 11. The van der Waals surface area contributed by atoms with E-state index in [1.165, 1.54) is 28.1 Å². The summed E-state index contributed by atoms with van der Waals surface area (Å²) in [5.74, 6) is -2.58. The van der Waals surface area contributed by atoms with Crippen molar-refractivity contribution < 1.29 is 47.6 Å². The van der Waals surface area contributed by atoms with E-state index in [1.54, 1.807) is 0 Å². The van der Waals surface area contributed by atoms with Crippen LogP contribution in [-0.2, 0) is 47.6 Å². The van der Waals surface area contributed by atoms with Gasteiger partial charge in [-0.2, -0.15) is 0 Å². The van der Waals surface area contributed by atoms with Crippen LogP contribution in [0.3, 0.4) is 0 Å². The molecule has 0 rings (SSSR count). The number of esters is 4. The standard InChI is InChI=1S/C16H26O10/c1-9(17)23-8-14(25-11(3)19)15(22-6)16(26-12(4)20)13(7-21-5)24-10(2)18/h13-16H,7-8H2,1-6H3/t13-,14-,15-,16-/m0/s1. The van der Waals surface area contributed by atoms with Crippen molar-refractivity contribution >= 4 is 23.9 Å². The van der Waals surface area contributed by atoms with E-state index >= 15 is 0 Å². The maximum atomic E-state index is 11.5. The van der Waals surface area contributed by atoms with Crippen LogP contribution in [0, 0.1) is 0 Å². The minimum absolute atomic E-state index is 0.113. The Bertz CT molecular complexity index is 489. The molecule has 0 aromatic heterocycles. The molecule has 0 heterocycles. The van der Waals surface area contributed by atoms with Gasteiger partial charge < -0.3 is 28.4 Å². The SMILES string of the molecule is COC[C@H](OC(C)=O)[C@H](OC(C)=O)[C@@H](OC)[C@H](COC(C)=O)OC(C)=O. The van der Waals surface area contributed by atoms with Gasteiger partial charge in [-0.3, -0.25) is 19.2 Å². The van der Waals surface area contributed by atoms with Gasteiger partial charge in [-0.25, -0.2) is 0 Å². The lowest BCUT2D eigenvalue weighted by Gasteiger charge is -2.34. The van der Waals surface area contributed by atoms with E-state index in [0.717, 1.165) is 13.8 Å². The summed E-state index contributed by atoms with van der Waals surface area (Å²) in [6.45, 7) is 4.22. The molecule has 0 aromatic carbocycles. The fourth-order valence-electron chi connectivity index (χ4n) is 2.23. The Morgan fingerprint density at radius 2 is 1.12 bits per heavy atom. The normalized spacial score (nSPS) is 15.2. The Labute approximate surface area is 152 Å². The van der Waals surface area contributed by atoms with E-state index in [0.29, 0.717) is 0 Å². The lowest BCUT2D eigenvalue weighted by molar-refractivity contribution is -0.200. The second-order valence-electron chi connectivity index (χ2n) is 5.33. The van der Waals surface area contributed by atoms with Gasteiger partial charge in [0, 0.05) is 41.9 Å². The Morgan fingerprint density at radius 1 is 0.654 bits per heavy atom. The molecule has 0 aliphatic rings. The van der Waals surface area contributed by atoms with Crippen LogP contribution in [0.5, 0.6) is 0 Å². The highest BCUT2D eigenvalue weighted by atomic mass is 16.6. The lowest BCUT2D eigenvalue weighted by Crippen LogP contribution is -2.53. The van der Waals surface area contributed by atoms with Crippen molar-refractivity contribution in [2.24, 2.45) is 0 Å². The zero-order valence-electron chi connectivity index (χ0n) is 15.8. The molecule has 0 aromatic rings. The summed E-state index contributed by atoms with van der Waals surface area (Å²) >= 11 is 0. The quantitative estimate of drug-likeness (QED) is 0.358. The highest BCUT2D eigenvalue weighted by molar-refractivity contribution is 5.68. The van der Waals surface area contributed by atoms with Gasteiger partial charge in [0.05, 0.1) is 6.61 Å². The highest BCUT2D eigenvalue weighted by Crippen LogP contribution is 2.19. The molecule has 150 valence electrons. The monoisotopic (exact) mass is 378 g/mol. The number of hydrogen-bond acceptors (Lipinski definition) is 10. The van der Waals surface area contributed by atoms with Crippen LogP contribution in [0.15, 0.2) is 0 Å². The van der Waals surface area contributed by atoms with Crippen LogP contribution in [0.2, 0.25) is 0 Å². The average Bonchev–Trinajstić information content (AvgIpc) is 2.50. The molecule has 0 bridgehead atoms. The lowest BCUT2D eigenvalue weighted by atomic mass is 10.0. The topological polar surface area (TPSA) is 124 Å². The van der Waals surface area contributed by atoms with Crippen LogP contribution in [0.1, 0.15) is 27.7 Å². The minimum atomic E-state index is -1.18. The summed E-state index contributed by atoms with van der Waals surface area (Å²) < 4.78 is 30.7. The summed E-state index contributed by atoms with van der Waals surface area (Å²) in [4.78, 5) is 45.4. The van der Waals surface area contributed by atoms with Gasteiger partial charge >= 0.3 is 23.9 Å². The van der Waals surface area contributed by atoms with Crippen LogP contribution in [-0.4, -0.2) is 75.7 Å². The van der Waals surface area contributed by atoms with Gasteiger partial charge in [-0.1, -0.05) is 0 Å². The van der Waals surface area contributed by atoms with Crippen molar-refractivity contribution in [3.05, 3.63) is 0 Å². The third-order valence-corrected chi connectivity index (χ3v) is 3.05. The van der Waals surface area contributed by atoms with Crippen molar-refractivity contribution in [2.45, 2.75) is 52.1 Å². The first kappa shape index (κ1) is 23.8. The van der Waals surface area contributed by atoms with Gasteiger partial charge in [-0.15, -0.1) is 0 Å². The van der Waals surface area contributed by atoms with E-state index in [9.17, 15) is 19.2 Å². The van der Waals surface area contributed by atoms with E-state index in [4.69, 9.17) is 28.4 Å². The molecule has 0 radical (unpaired) electrons. The van der Waals surface area contributed by atoms with Crippen LogP contribution in [0.4, 0.5) is 0 Å². The minimum Gasteiger partial charge on any atom is -0.462 e. The van der Waals surface area contributed by atoms with Crippen molar-refractivity contribution in [1.82, 2.24) is 0 Å². The van der Waals surface area contributed by atoms with Crippen LogP contribution >= 0.6 is 0 Å². The molecule has 0 fully saturated rings. The molecule has 10 nitrogen and oxygen atoms in total. The number of carbonyl (C=O) groups is 4. The predicted octanol–water partition coefficient (Wildman–Crippen LogP) is 0.00600. The smallest absolute Gasteiger partial charge is 0.303 e. The van der Waals surface area contributed by atoms with Gasteiger partial charge in [0.1, 0.15) is 12.7 Å². The summed E-state index contributed by atoms with van der Waals surface area (Å²) in [7, 11) is 2.65. The molecule has 0 saturated carbocycles. The third-order valence-electron chi connectivity index (χ3n) is 3.05. The summed E-state index contributed by atoms with van der Waals surface area (Å²) in [5, 5.41) is 0. The number of carbonyl (C=O) groups excluding carboxylic acids is 4. The summed E-state index contributed by atoms with van der Waals surface area (Å²) in [5.41, 5.74) is 0. The Hall–Kier alpha value is -2.20. The second kappa shape index (κ2) is 12.2. The number of methoxy groups -OCH3 is 2. The van der Waals surface area contributed by atoms with Gasteiger partial charge in [0.2, 0.25) is 0 Å². The first-order chi connectivity index (χ1) is 12.1. The molecule has 0 aliphatic carbocycles. The highest BCUT2D eigenvalue weighted by Gasteiger charge is 2.41. The predicted molar refractivity (Wildman–Crippen MR) is 86.0 cm³/mol. The molecule has 0 N–H and O–H groups in total. The fourth-order valence-corrected chi connectivity index (χ4v) is 2.23. The Morgan fingerprint density at radius 3 is 1.46 bits per heavy atom. The van der Waals surface area contributed by atoms with Crippen molar-refractivity contribution in [3.63, 3.8) is 0 Å². The molecule has 10 heteroatoms. The van der Waals surface area contributed by atoms with E-state index < -0.39 is 48.3 Å². The second-order valence-corrected chi connectivity index (χ2v) is 5.33. The third kappa shape index (κ3) is 9.33. The van der Waals surface area contributed by atoms with Gasteiger partial charge in [0.15, 0.2) is 18.3 Å². The Kier molecular flexibility index (Phi) is 11.2. The zero-order chi connectivity index (χ0) is 20.3. The molecule has 0 spiro atoms. The first-order valence-electron chi connectivity index (χ1n) is 7.79. The van der Waals surface area contributed by atoms with E-state index in [1.807, 2.05) is 0 Å². The molecule has 4 atom stereocenters. The molecule has 0 aliphatic heterocycles. The molecule has 26 heavy (non-hydrogen) atoms. The maximum absolute atomic E-state index is 11.5. The first-order valence-corrected chi connectivity index (χ1v) is 7.79. The van der Waals surface area contributed by atoms with Crippen molar-refractivity contribution in [1.29, 1.82) is 0 Å². The summed E-state index contributed by atoms with van der Waals surface area (Å²) in [6.07, 6.45) is -4.43. The largest absolute Gasteiger partial charge is 0.462 e. The van der Waals surface area contributed by atoms with Gasteiger partial charge in [0.25, 0.3) is 0 Å². The molecular formula is C16H26O10. The molecule has 0 amide bonds. The molecule has 0 saturated heterocycles. The van der Waals surface area contributed by atoms with Crippen molar-refractivity contribution in [2.75, 3.05) is 27.4 Å². The Balaban J connectivity index is 5.72. The molecule has 0 unspecified atom stereocenters. The van der Waals surface area contributed by atoms with E-state index in [2.05, 4.69) is 0 Å². The van der Waals surface area contributed by atoms with Crippen LogP contribution < -0.4 is 0 Å².